The molecule has 0 aliphatic heterocycles. The van der Waals surface area contributed by atoms with Gasteiger partial charge in [0.05, 0.1) is 7.11 Å². The first-order valence-corrected chi connectivity index (χ1v) is 9.34. The molecule has 0 saturated heterocycles. The highest BCUT2D eigenvalue weighted by Crippen LogP contribution is 2.63. The Hall–Kier alpha value is -0.980. The van der Waals surface area contributed by atoms with Gasteiger partial charge in [-0.2, -0.15) is 0 Å². The molecule has 4 rings (SSSR count). The van der Waals surface area contributed by atoms with Gasteiger partial charge >= 0.3 is 0 Å². The van der Waals surface area contributed by atoms with Gasteiger partial charge < -0.3 is 4.74 Å². The van der Waals surface area contributed by atoms with Crippen molar-refractivity contribution < 1.29 is 4.74 Å². The zero-order valence-electron chi connectivity index (χ0n) is 14.4. The van der Waals surface area contributed by atoms with Gasteiger partial charge in [0.15, 0.2) is 0 Å². The Kier molecular flexibility index (Phi) is 3.51. The van der Waals surface area contributed by atoms with Crippen LogP contribution in [0.15, 0.2) is 18.2 Å². The summed E-state index contributed by atoms with van der Waals surface area (Å²) in [5.41, 5.74) is 3.85. The quantitative estimate of drug-likeness (QED) is 0.693. The minimum Gasteiger partial charge on any atom is -0.497 e. The van der Waals surface area contributed by atoms with Gasteiger partial charge in [-0.15, -0.1) is 0 Å². The number of rotatable bonds is 2. The first kappa shape index (κ1) is 14.6. The second-order valence-electron chi connectivity index (χ2n) is 8.21. The fourth-order valence-electron chi connectivity index (χ4n) is 6.47. The predicted molar refractivity (Wildman–Crippen MR) is 91.4 cm³/mol. The summed E-state index contributed by atoms with van der Waals surface area (Å²) in [6, 6.07) is 6.85. The lowest BCUT2D eigenvalue weighted by molar-refractivity contribution is 0.0273. The molecule has 2 saturated carbocycles. The minimum absolute atomic E-state index is 0.639. The van der Waals surface area contributed by atoms with Crippen LogP contribution in [0.1, 0.15) is 69.4 Å². The monoisotopic (exact) mass is 298 g/mol. The van der Waals surface area contributed by atoms with Crippen molar-refractivity contribution in [1.29, 1.82) is 0 Å². The molecule has 5 atom stereocenters. The standard InChI is InChI=1S/C21H30O/c1-4-15-6-10-20-19-8-5-14-13-16(22-3)7-9-17(14)18(19)11-12-21(15,20)2/h7,9,13,15,18-20H,4-6,8,10-12H2,1-3H3/t15?,18?,19?,20?,21-/m1/s1. The van der Waals surface area contributed by atoms with Gasteiger partial charge in [0.25, 0.3) is 0 Å². The number of hydrogen-bond donors (Lipinski definition) is 0. The number of ether oxygens (including phenoxy) is 1. The minimum atomic E-state index is 0.639. The molecular formula is C21H30O. The zero-order chi connectivity index (χ0) is 15.3. The molecule has 0 aromatic heterocycles. The second-order valence-corrected chi connectivity index (χ2v) is 8.21. The van der Waals surface area contributed by atoms with E-state index in [1.807, 2.05) is 0 Å². The summed E-state index contributed by atoms with van der Waals surface area (Å²) in [6.07, 6.45) is 9.88. The molecule has 0 radical (unpaired) electrons. The normalized spacial score (nSPS) is 39.8. The fraction of sp³-hybridized carbons (Fsp3) is 0.714. The van der Waals surface area contributed by atoms with Crippen molar-refractivity contribution in [2.45, 2.75) is 64.7 Å². The fourth-order valence-corrected chi connectivity index (χ4v) is 6.47. The first-order valence-electron chi connectivity index (χ1n) is 9.34. The molecule has 0 bridgehead atoms. The van der Waals surface area contributed by atoms with Crippen molar-refractivity contribution >= 4 is 0 Å². The van der Waals surface area contributed by atoms with Crippen LogP contribution in [0.5, 0.6) is 5.75 Å². The highest BCUT2D eigenvalue weighted by Gasteiger charge is 2.53. The molecule has 0 N–H and O–H groups in total. The number of fused-ring (bicyclic) bond motifs is 5. The molecule has 1 aromatic carbocycles. The summed E-state index contributed by atoms with van der Waals surface area (Å²) in [5, 5.41) is 0. The molecule has 1 aromatic rings. The Morgan fingerprint density at radius 2 is 2.05 bits per heavy atom. The van der Waals surface area contributed by atoms with Crippen LogP contribution in [-0.2, 0) is 6.42 Å². The van der Waals surface area contributed by atoms with Crippen molar-refractivity contribution in [2.24, 2.45) is 23.2 Å². The number of benzene rings is 1. The van der Waals surface area contributed by atoms with Gasteiger partial charge in [0.2, 0.25) is 0 Å². The molecule has 0 amide bonds. The van der Waals surface area contributed by atoms with Crippen molar-refractivity contribution in [3.8, 4) is 5.75 Å². The maximum atomic E-state index is 5.43. The van der Waals surface area contributed by atoms with Crippen LogP contribution in [0.3, 0.4) is 0 Å². The van der Waals surface area contributed by atoms with E-state index in [1.54, 1.807) is 18.2 Å². The van der Waals surface area contributed by atoms with Crippen LogP contribution in [0, 0.1) is 23.2 Å². The van der Waals surface area contributed by atoms with Crippen LogP contribution in [0.4, 0.5) is 0 Å². The van der Waals surface area contributed by atoms with E-state index in [-0.39, 0.29) is 0 Å². The largest absolute Gasteiger partial charge is 0.497 e. The van der Waals surface area contributed by atoms with Crippen LogP contribution >= 0.6 is 0 Å². The molecule has 0 spiro atoms. The second kappa shape index (κ2) is 5.28. The lowest BCUT2D eigenvalue weighted by atomic mass is 9.54. The highest BCUT2D eigenvalue weighted by molar-refractivity contribution is 5.40. The molecule has 3 aliphatic rings. The van der Waals surface area contributed by atoms with E-state index in [0.717, 1.165) is 29.4 Å². The molecule has 3 aliphatic carbocycles. The molecule has 0 heterocycles. The molecule has 1 nitrogen and oxygen atoms in total. The first-order chi connectivity index (χ1) is 10.7. The highest BCUT2D eigenvalue weighted by atomic mass is 16.5. The predicted octanol–water partition coefficient (Wildman–Crippen LogP) is 5.58. The van der Waals surface area contributed by atoms with E-state index >= 15 is 0 Å². The van der Waals surface area contributed by atoms with Gasteiger partial charge in [0, 0.05) is 0 Å². The Morgan fingerprint density at radius 1 is 1.18 bits per heavy atom. The van der Waals surface area contributed by atoms with Gasteiger partial charge in [-0.05, 0) is 90.9 Å². The SMILES string of the molecule is CCC1CCC2C3CCc4cc(OC)ccc4C3CC[C@]12C. The molecular weight excluding hydrogens is 268 g/mol. The van der Waals surface area contributed by atoms with Gasteiger partial charge in [-0.25, -0.2) is 0 Å². The Labute approximate surface area is 135 Å². The maximum absolute atomic E-state index is 5.43. The van der Waals surface area contributed by atoms with E-state index in [0.29, 0.717) is 5.41 Å². The maximum Gasteiger partial charge on any atom is 0.119 e. The molecule has 1 heteroatoms. The van der Waals surface area contributed by atoms with Crippen molar-refractivity contribution in [3.63, 3.8) is 0 Å². The van der Waals surface area contributed by atoms with E-state index in [2.05, 4.69) is 32.0 Å². The number of aryl methyl sites for hydroxylation is 1. The molecule has 120 valence electrons. The van der Waals surface area contributed by atoms with Crippen molar-refractivity contribution in [2.75, 3.05) is 7.11 Å². The van der Waals surface area contributed by atoms with E-state index in [9.17, 15) is 0 Å². The summed E-state index contributed by atoms with van der Waals surface area (Å²) in [5.74, 6) is 4.76. The molecule has 22 heavy (non-hydrogen) atoms. The van der Waals surface area contributed by atoms with E-state index < -0.39 is 0 Å². The topological polar surface area (TPSA) is 9.23 Å². The summed E-state index contributed by atoms with van der Waals surface area (Å²) < 4.78 is 5.43. The summed E-state index contributed by atoms with van der Waals surface area (Å²) in [7, 11) is 1.78. The average Bonchev–Trinajstić information content (AvgIpc) is 2.90. The average molecular weight is 298 g/mol. The summed E-state index contributed by atoms with van der Waals surface area (Å²) in [4.78, 5) is 0. The molecule has 2 fully saturated rings. The third kappa shape index (κ3) is 1.97. The Morgan fingerprint density at radius 3 is 2.82 bits per heavy atom. The van der Waals surface area contributed by atoms with Crippen LogP contribution in [-0.4, -0.2) is 7.11 Å². The van der Waals surface area contributed by atoms with E-state index in [4.69, 9.17) is 4.74 Å². The number of hydrogen-bond acceptors (Lipinski definition) is 1. The third-order valence-corrected chi connectivity index (χ3v) is 7.62. The zero-order valence-corrected chi connectivity index (χ0v) is 14.4. The van der Waals surface area contributed by atoms with Crippen LogP contribution < -0.4 is 4.74 Å². The van der Waals surface area contributed by atoms with Crippen molar-refractivity contribution in [1.82, 2.24) is 0 Å². The van der Waals surface area contributed by atoms with Crippen LogP contribution in [0.25, 0.3) is 0 Å². The Bertz CT molecular complexity index is 563. The smallest absolute Gasteiger partial charge is 0.119 e. The molecule has 4 unspecified atom stereocenters. The lowest BCUT2D eigenvalue weighted by Gasteiger charge is -2.51. The van der Waals surface area contributed by atoms with E-state index in [1.165, 1.54) is 44.9 Å². The lowest BCUT2D eigenvalue weighted by Crippen LogP contribution is -2.42. The third-order valence-electron chi connectivity index (χ3n) is 7.62. The van der Waals surface area contributed by atoms with Gasteiger partial charge in [0.1, 0.15) is 5.75 Å². The van der Waals surface area contributed by atoms with Gasteiger partial charge in [-0.1, -0.05) is 26.3 Å². The van der Waals surface area contributed by atoms with Crippen molar-refractivity contribution in [3.05, 3.63) is 29.3 Å². The summed E-state index contributed by atoms with van der Waals surface area (Å²) in [6.45, 7) is 5.03. The summed E-state index contributed by atoms with van der Waals surface area (Å²) >= 11 is 0. The number of methoxy groups -OCH3 is 1. The van der Waals surface area contributed by atoms with Crippen LogP contribution in [0.2, 0.25) is 0 Å². The Balaban J connectivity index is 1.66. The van der Waals surface area contributed by atoms with Gasteiger partial charge in [-0.3, -0.25) is 0 Å².